The molecule has 0 aliphatic carbocycles. The largest absolute Gasteiger partial charge is 0.489 e. The van der Waals surface area contributed by atoms with Gasteiger partial charge in [0.25, 0.3) is 5.91 Å². The number of nitrogens with zero attached hydrogens (tertiary/aromatic N) is 1. The first kappa shape index (κ1) is 18.5. The fourth-order valence-electron chi connectivity index (χ4n) is 2.70. The van der Waals surface area contributed by atoms with Crippen LogP contribution >= 0.6 is 0 Å². The van der Waals surface area contributed by atoms with Gasteiger partial charge in [-0.05, 0) is 43.2 Å². The lowest BCUT2D eigenvalue weighted by Crippen LogP contribution is -2.48. The summed E-state index contributed by atoms with van der Waals surface area (Å²) in [5.74, 6) is 0.697. The molecule has 1 atom stereocenters. The van der Waals surface area contributed by atoms with Gasteiger partial charge in [-0.3, -0.25) is 9.69 Å². The summed E-state index contributed by atoms with van der Waals surface area (Å²) in [6, 6.07) is 7.57. The number of morpholine rings is 1. The Morgan fingerprint density at radius 2 is 2.00 bits per heavy atom. The summed E-state index contributed by atoms with van der Waals surface area (Å²) < 4.78 is 10.9. The zero-order valence-corrected chi connectivity index (χ0v) is 14.7. The summed E-state index contributed by atoms with van der Waals surface area (Å²) in [4.78, 5) is 14.7. The highest BCUT2D eigenvalue weighted by molar-refractivity contribution is 5.94. The Hall–Kier alpha value is -1.85. The SMILES string of the molecule is C=C(C)COc1ccc(C(=O)NC[C@@H](CC)N2CCOCC2)cc1. The third-order valence-corrected chi connectivity index (χ3v) is 4.13. The fourth-order valence-corrected chi connectivity index (χ4v) is 2.70. The van der Waals surface area contributed by atoms with E-state index in [0.717, 1.165) is 44.0 Å². The van der Waals surface area contributed by atoms with Crippen molar-refractivity contribution in [1.29, 1.82) is 0 Å². The normalized spacial score (nSPS) is 16.4. The van der Waals surface area contributed by atoms with Gasteiger partial charge in [-0.25, -0.2) is 0 Å². The molecule has 1 amide bonds. The van der Waals surface area contributed by atoms with Crippen molar-refractivity contribution in [3.8, 4) is 5.75 Å². The predicted octanol–water partition coefficient (Wildman–Crippen LogP) is 2.48. The second-order valence-corrected chi connectivity index (χ2v) is 6.19. The predicted molar refractivity (Wildman–Crippen MR) is 95.6 cm³/mol. The van der Waals surface area contributed by atoms with Gasteiger partial charge >= 0.3 is 0 Å². The van der Waals surface area contributed by atoms with Gasteiger partial charge in [0.2, 0.25) is 0 Å². The summed E-state index contributed by atoms with van der Waals surface area (Å²) in [5, 5.41) is 3.04. The molecule has 1 N–H and O–H groups in total. The van der Waals surface area contributed by atoms with Crippen molar-refractivity contribution >= 4 is 5.91 Å². The minimum Gasteiger partial charge on any atom is -0.489 e. The van der Waals surface area contributed by atoms with Gasteiger partial charge in [-0.15, -0.1) is 0 Å². The van der Waals surface area contributed by atoms with Crippen molar-refractivity contribution in [3.05, 3.63) is 42.0 Å². The average Bonchev–Trinajstić information content (AvgIpc) is 2.61. The second-order valence-electron chi connectivity index (χ2n) is 6.19. The van der Waals surface area contributed by atoms with E-state index >= 15 is 0 Å². The average molecular weight is 332 g/mol. The van der Waals surface area contributed by atoms with Crippen LogP contribution in [0, 0.1) is 0 Å². The smallest absolute Gasteiger partial charge is 0.251 e. The van der Waals surface area contributed by atoms with Crippen molar-refractivity contribution in [2.24, 2.45) is 0 Å². The van der Waals surface area contributed by atoms with Crippen LogP contribution in [-0.2, 0) is 4.74 Å². The van der Waals surface area contributed by atoms with Crippen LogP contribution in [0.5, 0.6) is 5.75 Å². The maximum absolute atomic E-state index is 12.3. The van der Waals surface area contributed by atoms with Gasteiger partial charge in [-0.2, -0.15) is 0 Å². The molecule has 2 rings (SSSR count). The first-order valence-electron chi connectivity index (χ1n) is 8.57. The van der Waals surface area contributed by atoms with E-state index in [9.17, 15) is 4.79 Å². The Bertz CT molecular complexity index is 536. The number of nitrogens with one attached hydrogen (secondary N) is 1. The lowest BCUT2D eigenvalue weighted by Gasteiger charge is -2.34. The highest BCUT2D eigenvalue weighted by Crippen LogP contribution is 2.13. The van der Waals surface area contributed by atoms with E-state index in [1.54, 1.807) is 12.1 Å². The van der Waals surface area contributed by atoms with E-state index in [1.165, 1.54) is 0 Å². The lowest BCUT2D eigenvalue weighted by molar-refractivity contribution is 0.0159. The minimum absolute atomic E-state index is 0.0480. The van der Waals surface area contributed by atoms with Gasteiger partial charge in [0.15, 0.2) is 0 Å². The molecule has 0 aromatic heterocycles. The topological polar surface area (TPSA) is 50.8 Å². The first-order chi connectivity index (χ1) is 11.6. The molecule has 0 spiro atoms. The van der Waals surface area contributed by atoms with Crippen molar-refractivity contribution in [2.75, 3.05) is 39.5 Å². The van der Waals surface area contributed by atoms with E-state index in [4.69, 9.17) is 9.47 Å². The van der Waals surface area contributed by atoms with Crippen LogP contribution < -0.4 is 10.1 Å². The number of carbonyl (C=O) groups excluding carboxylic acids is 1. The molecule has 0 unspecified atom stereocenters. The summed E-state index contributed by atoms with van der Waals surface area (Å²) >= 11 is 0. The maximum atomic E-state index is 12.3. The summed E-state index contributed by atoms with van der Waals surface area (Å²) in [6.07, 6.45) is 1.01. The highest BCUT2D eigenvalue weighted by atomic mass is 16.5. The van der Waals surface area contributed by atoms with Crippen LogP contribution in [0.2, 0.25) is 0 Å². The quantitative estimate of drug-likeness (QED) is 0.743. The third-order valence-electron chi connectivity index (χ3n) is 4.13. The zero-order valence-electron chi connectivity index (χ0n) is 14.7. The van der Waals surface area contributed by atoms with Gasteiger partial charge < -0.3 is 14.8 Å². The molecule has 132 valence electrons. The highest BCUT2D eigenvalue weighted by Gasteiger charge is 2.20. The number of carbonyl (C=O) groups is 1. The molecule has 5 nitrogen and oxygen atoms in total. The standard InChI is InChI=1S/C19H28N2O3/c1-4-17(21-9-11-23-12-10-21)13-20-19(22)16-5-7-18(8-6-16)24-14-15(2)3/h5-8,17H,2,4,9-14H2,1,3H3,(H,20,22)/t17-/m1/s1. The van der Waals surface area contributed by atoms with E-state index in [1.807, 2.05) is 19.1 Å². The molecular formula is C19H28N2O3. The fraction of sp³-hybridized carbons (Fsp3) is 0.526. The molecule has 1 fully saturated rings. The molecule has 1 aliphatic heterocycles. The summed E-state index contributed by atoms with van der Waals surface area (Å²) in [6.45, 7) is 12.4. The van der Waals surface area contributed by atoms with Crippen molar-refractivity contribution in [1.82, 2.24) is 10.2 Å². The Balaban J connectivity index is 1.83. The Labute approximate surface area is 144 Å². The van der Waals surface area contributed by atoms with Crippen LogP contribution in [0.15, 0.2) is 36.4 Å². The lowest BCUT2D eigenvalue weighted by atomic mass is 10.1. The molecule has 0 bridgehead atoms. The molecule has 1 aromatic carbocycles. The number of rotatable bonds is 8. The van der Waals surface area contributed by atoms with Gasteiger partial charge in [0.1, 0.15) is 12.4 Å². The second kappa shape index (κ2) is 9.45. The van der Waals surface area contributed by atoms with Crippen molar-refractivity contribution in [2.45, 2.75) is 26.3 Å². The monoisotopic (exact) mass is 332 g/mol. The number of hydrogen-bond donors (Lipinski definition) is 1. The Morgan fingerprint density at radius 1 is 1.33 bits per heavy atom. The summed E-state index contributed by atoms with van der Waals surface area (Å²) in [5.41, 5.74) is 1.61. The molecule has 1 heterocycles. The van der Waals surface area contributed by atoms with E-state index in [-0.39, 0.29) is 5.91 Å². The summed E-state index contributed by atoms with van der Waals surface area (Å²) in [7, 11) is 0. The molecule has 0 saturated carbocycles. The third kappa shape index (κ3) is 5.65. The van der Waals surface area contributed by atoms with Crippen LogP contribution in [0.3, 0.4) is 0 Å². The minimum atomic E-state index is -0.0480. The molecule has 24 heavy (non-hydrogen) atoms. The van der Waals surface area contributed by atoms with Gasteiger partial charge in [0, 0.05) is 31.2 Å². The number of hydrogen-bond acceptors (Lipinski definition) is 4. The van der Waals surface area contributed by atoms with Crippen LogP contribution in [0.25, 0.3) is 0 Å². The maximum Gasteiger partial charge on any atom is 0.251 e. The number of amides is 1. The van der Waals surface area contributed by atoms with Gasteiger partial charge in [0.05, 0.1) is 13.2 Å². The van der Waals surface area contributed by atoms with E-state index < -0.39 is 0 Å². The zero-order chi connectivity index (χ0) is 17.4. The van der Waals surface area contributed by atoms with Crippen molar-refractivity contribution in [3.63, 3.8) is 0 Å². The molecule has 5 heteroatoms. The molecular weight excluding hydrogens is 304 g/mol. The number of benzene rings is 1. The Kier molecular flexibility index (Phi) is 7.28. The van der Waals surface area contributed by atoms with Crippen LogP contribution in [0.1, 0.15) is 30.6 Å². The first-order valence-corrected chi connectivity index (χ1v) is 8.57. The molecule has 1 aromatic rings. The van der Waals surface area contributed by atoms with Crippen molar-refractivity contribution < 1.29 is 14.3 Å². The van der Waals surface area contributed by atoms with Gasteiger partial charge in [-0.1, -0.05) is 13.5 Å². The van der Waals surface area contributed by atoms with Crippen LogP contribution in [0.4, 0.5) is 0 Å². The number of ether oxygens (including phenoxy) is 2. The van der Waals surface area contributed by atoms with E-state index in [0.29, 0.717) is 24.8 Å². The molecule has 1 saturated heterocycles. The molecule has 1 aliphatic rings. The van der Waals surface area contributed by atoms with Crippen LogP contribution in [-0.4, -0.2) is 56.3 Å². The van der Waals surface area contributed by atoms with E-state index in [2.05, 4.69) is 23.7 Å². The molecule has 0 radical (unpaired) electrons. The Morgan fingerprint density at radius 3 is 2.58 bits per heavy atom.